The summed E-state index contributed by atoms with van der Waals surface area (Å²) in [5, 5.41) is 2.92. The Kier molecular flexibility index (Phi) is 7.68. The van der Waals surface area contributed by atoms with Crippen molar-refractivity contribution in [2.24, 2.45) is 0 Å². The number of aryl methyl sites for hydroxylation is 6. The van der Waals surface area contributed by atoms with Gasteiger partial charge in [0.15, 0.2) is 0 Å². The van der Waals surface area contributed by atoms with Gasteiger partial charge in [-0.1, -0.05) is 35.4 Å². The van der Waals surface area contributed by atoms with E-state index in [1.54, 1.807) is 20.0 Å². The average molecular weight is 502 g/mol. The zero-order chi connectivity index (χ0) is 16.2. The number of hydrogen-bond donors (Lipinski definition) is 0. The van der Waals surface area contributed by atoms with Crippen LogP contribution in [0, 0.1) is 41.5 Å². The normalized spacial score (nSPS) is 10.1. The molecule has 0 N–H and O–H groups in total. The van der Waals surface area contributed by atoms with Gasteiger partial charge in [0, 0.05) is 0 Å². The Morgan fingerprint density at radius 3 is 1.10 bits per heavy atom. The molecule has 1 radical (unpaired) electrons. The van der Waals surface area contributed by atoms with E-state index in [9.17, 15) is 0 Å². The summed E-state index contributed by atoms with van der Waals surface area (Å²) < 4.78 is 0. The van der Waals surface area contributed by atoms with Crippen LogP contribution in [0.15, 0.2) is 24.3 Å². The number of rotatable bonds is 2. The Morgan fingerprint density at radius 2 is 0.857 bits per heavy atom. The summed E-state index contributed by atoms with van der Waals surface area (Å²) >= 11 is 1.75. The molecule has 0 saturated carbocycles. The van der Waals surface area contributed by atoms with E-state index in [0.29, 0.717) is 0 Å². The summed E-state index contributed by atoms with van der Waals surface area (Å²) in [7, 11) is 5.92. The van der Waals surface area contributed by atoms with Crippen molar-refractivity contribution >= 4 is 28.4 Å². The molecule has 0 heterocycles. The van der Waals surface area contributed by atoms with E-state index in [-0.39, 0.29) is 0 Å². The fourth-order valence-electron chi connectivity index (χ4n) is 2.81. The van der Waals surface area contributed by atoms with Crippen LogP contribution in [0.1, 0.15) is 33.4 Å². The first-order valence-electron chi connectivity index (χ1n) is 6.87. The van der Waals surface area contributed by atoms with Crippen molar-refractivity contribution in [3.8, 4) is 0 Å². The molecule has 3 heteroatoms. The Balaban J connectivity index is 0.00000106. The number of benzene rings is 2. The number of hydrogen-bond acceptors (Lipinski definition) is 0. The standard InChI is InChI=1S/C18H22P.Au.ClH/c1-11-7-13(3)17(14(4)8-11)19-18-15(5)9-12(2)10-16(18)6;;/h7-10H,1-6H3;;1H/q;+1;/p-1. The van der Waals surface area contributed by atoms with Crippen LogP contribution in [-0.4, -0.2) is 0 Å². The molecule has 0 fully saturated rings. The van der Waals surface area contributed by atoms with Gasteiger partial charge < -0.3 is 0 Å². The van der Waals surface area contributed by atoms with Gasteiger partial charge in [0.25, 0.3) is 0 Å². The second-order valence-electron chi connectivity index (χ2n) is 5.61. The van der Waals surface area contributed by atoms with Crippen LogP contribution in [0.25, 0.3) is 0 Å². The molecule has 0 unspecified atom stereocenters. The van der Waals surface area contributed by atoms with Crippen molar-refractivity contribution in [3.05, 3.63) is 57.6 Å². The summed E-state index contributed by atoms with van der Waals surface area (Å²) in [6, 6.07) is 9.14. The Bertz CT molecular complexity index is 534. The molecule has 0 nitrogen and oxygen atoms in total. The molecule has 0 aliphatic rings. The Morgan fingerprint density at radius 1 is 0.619 bits per heavy atom. The molecular formula is C18H22AuClP. The van der Waals surface area contributed by atoms with E-state index < -0.39 is 0 Å². The maximum atomic E-state index is 4.58. The second-order valence-corrected chi connectivity index (χ2v) is 6.72. The van der Waals surface area contributed by atoms with E-state index in [1.807, 2.05) is 0 Å². The van der Waals surface area contributed by atoms with E-state index in [1.165, 1.54) is 52.6 Å². The molecule has 0 bridgehead atoms. The van der Waals surface area contributed by atoms with Gasteiger partial charge in [-0.3, -0.25) is 0 Å². The van der Waals surface area contributed by atoms with Gasteiger partial charge in [-0.2, -0.15) is 0 Å². The van der Waals surface area contributed by atoms with Crippen LogP contribution in [0.3, 0.4) is 0 Å². The molecule has 0 atom stereocenters. The molecule has 0 saturated heterocycles. The average Bonchev–Trinajstić information content (AvgIpc) is 2.38. The summed E-state index contributed by atoms with van der Waals surface area (Å²) in [5.41, 5.74) is 8.31. The zero-order valence-corrected chi connectivity index (χ0v) is 17.3. The van der Waals surface area contributed by atoms with Crippen LogP contribution in [0.5, 0.6) is 0 Å². The monoisotopic (exact) mass is 501 g/mol. The van der Waals surface area contributed by atoms with Crippen LogP contribution in [0.2, 0.25) is 0 Å². The van der Waals surface area contributed by atoms with Gasteiger partial charge in [0.05, 0.1) is 0 Å². The fraction of sp³-hybridized carbons (Fsp3) is 0.333. The third kappa shape index (κ3) is 4.95. The second kappa shape index (κ2) is 8.51. The quantitative estimate of drug-likeness (QED) is 0.396. The zero-order valence-electron chi connectivity index (χ0n) is 13.4. The molecule has 0 aliphatic carbocycles. The van der Waals surface area contributed by atoms with Crippen LogP contribution >= 0.6 is 17.8 Å². The SMILES string of the molecule is Cc1cc(C)c([P]c2c(C)cc(C)cc2C)c(C)c1.[Cl][Au]. The van der Waals surface area contributed by atoms with E-state index in [4.69, 9.17) is 0 Å². The molecule has 117 valence electrons. The summed E-state index contributed by atoms with van der Waals surface area (Å²) in [6.07, 6.45) is 0. The molecule has 2 aromatic rings. The van der Waals surface area contributed by atoms with Gasteiger partial charge in [0.1, 0.15) is 0 Å². The van der Waals surface area contributed by atoms with Gasteiger partial charge >= 0.3 is 29.2 Å². The van der Waals surface area contributed by atoms with Crippen LogP contribution in [0.4, 0.5) is 0 Å². The molecule has 0 aliphatic heterocycles. The third-order valence-electron chi connectivity index (χ3n) is 3.49. The first kappa shape index (κ1) is 18.9. The van der Waals surface area contributed by atoms with Crippen molar-refractivity contribution in [3.63, 3.8) is 0 Å². The first-order valence-corrected chi connectivity index (χ1v) is 10.4. The van der Waals surface area contributed by atoms with Gasteiger partial charge in [-0.25, -0.2) is 0 Å². The van der Waals surface area contributed by atoms with Gasteiger partial charge in [-0.05, 0) is 83.0 Å². The van der Waals surface area contributed by atoms with E-state index in [0.717, 1.165) is 0 Å². The molecular weight excluding hydrogens is 480 g/mol. The molecule has 2 aromatic carbocycles. The fourth-order valence-corrected chi connectivity index (χ4v) is 4.00. The van der Waals surface area contributed by atoms with Gasteiger partial charge in [-0.15, -0.1) is 0 Å². The Hall–Kier alpha value is -0.0997. The van der Waals surface area contributed by atoms with E-state index >= 15 is 0 Å². The topological polar surface area (TPSA) is 0 Å². The van der Waals surface area contributed by atoms with Crippen molar-refractivity contribution in [1.29, 1.82) is 0 Å². The van der Waals surface area contributed by atoms with Crippen molar-refractivity contribution < 1.29 is 20.0 Å². The molecule has 21 heavy (non-hydrogen) atoms. The van der Waals surface area contributed by atoms with Crippen LogP contribution in [-0.2, 0) is 20.0 Å². The third-order valence-corrected chi connectivity index (χ3v) is 5.35. The minimum absolute atomic E-state index is 1.34. The maximum absolute atomic E-state index is 4.58. The van der Waals surface area contributed by atoms with Gasteiger partial charge in [0.2, 0.25) is 0 Å². The predicted molar refractivity (Wildman–Crippen MR) is 93.3 cm³/mol. The van der Waals surface area contributed by atoms with Crippen molar-refractivity contribution in [2.75, 3.05) is 0 Å². The molecule has 0 spiro atoms. The Labute approximate surface area is 147 Å². The van der Waals surface area contributed by atoms with Crippen molar-refractivity contribution in [1.82, 2.24) is 0 Å². The molecule has 0 amide bonds. The summed E-state index contributed by atoms with van der Waals surface area (Å²) in [4.78, 5) is 0. The summed E-state index contributed by atoms with van der Waals surface area (Å²) in [5.74, 6) is 0. The molecule has 2 rings (SSSR count). The number of halogens is 1. The van der Waals surface area contributed by atoms with Crippen LogP contribution < -0.4 is 10.6 Å². The summed E-state index contributed by atoms with van der Waals surface area (Å²) in [6.45, 7) is 13.2. The van der Waals surface area contributed by atoms with Crippen molar-refractivity contribution in [2.45, 2.75) is 41.5 Å². The molecule has 0 aromatic heterocycles. The van der Waals surface area contributed by atoms with E-state index in [2.05, 4.69) is 75.0 Å². The first-order chi connectivity index (χ1) is 9.88. The predicted octanol–water partition coefficient (Wildman–Crippen LogP) is 5.12. The minimum atomic E-state index is 1.34.